The van der Waals surface area contributed by atoms with Gasteiger partial charge in [-0.3, -0.25) is 4.84 Å². The molecule has 2 saturated heterocycles. The van der Waals surface area contributed by atoms with Gasteiger partial charge in [0.25, 0.3) is 0 Å². The maximum atomic E-state index is 15.0. The Labute approximate surface area is 216 Å². The third kappa shape index (κ3) is 5.37. The van der Waals surface area contributed by atoms with Crippen molar-refractivity contribution < 1.29 is 26.8 Å². The molecule has 1 N–H and O–H groups in total. The number of alkyl halides is 3. The minimum absolute atomic E-state index is 0.0244. The first-order valence-corrected chi connectivity index (χ1v) is 12.4. The third-order valence-corrected chi connectivity index (χ3v) is 6.78. The van der Waals surface area contributed by atoms with Crippen LogP contribution in [0.3, 0.4) is 0 Å². The van der Waals surface area contributed by atoms with Crippen molar-refractivity contribution in [3.8, 4) is 0 Å². The van der Waals surface area contributed by atoms with Gasteiger partial charge in [-0.15, -0.1) is 0 Å². The zero-order valence-electron chi connectivity index (χ0n) is 20.7. The molecule has 0 bridgehead atoms. The third-order valence-electron chi connectivity index (χ3n) is 6.78. The Morgan fingerprint density at radius 2 is 1.71 bits per heavy atom. The Bertz CT molecular complexity index is 1240. The smallest absolute Gasteiger partial charge is 0.364 e. The van der Waals surface area contributed by atoms with Crippen LogP contribution in [0, 0.1) is 11.6 Å². The van der Waals surface area contributed by atoms with Gasteiger partial charge in [-0.2, -0.15) is 18.2 Å². The topological polar surface area (TPSA) is 56.8 Å². The molecule has 38 heavy (non-hydrogen) atoms. The summed E-state index contributed by atoms with van der Waals surface area (Å²) in [5.74, 6) is -2.29. The van der Waals surface area contributed by atoms with Crippen molar-refractivity contribution in [1.29, 1.82) is 0 Å². The van der Waals surface area contributed by atoms with Gasteiger partial charge in [-0.25, -0.2) is 18.8 Å². The minimum Gasteiger partial charge on any atom is -0.364 e. The summed E-state index contributed by atoms with van der Waals surface area (Å²) in [7, 11) is 0. The summed E-state index contributed by atoms with van der Waals surface area (Å²) in [6, 6.07) is 10.7. The summed E-state index contributed by atoms with van der Waals surface area (Å²) < 4.78 is 71.6. The van der Waals surface area contributed by atoms with Gasteiger partial charge in [-0.05, 0) is 24.2 Å². The van der Waals surface area contributed by atoms with Crippen LogP contribution in [0.15, 0.2) is 48.7 Å². The van der Waals surface area contributed by atoms with Crippen LogP contribution in [0.1, 0.15) is 30.5 Å². The summed E-state index contributed by atoms with van der Waals surface area (Å²) in [6.45, 7) is 5.46. The van der Waals surface area contributed by atoms with Crippen molar-refractivity contribution in [3.63, 3.8) is 0 Å². The fourth-order valence-corrected chi connectivity index (χ4v) is 4.81. The molecule has 1 aromatic heterocycles. The molecule has 0 radical (unpaired) electrons. The van der Waals surface area contributed by atoms with Gasteiger partial charge in [0.2, 0.25) is 5.95 Å². The van der Waals surface area contributed by atoms with E-state index in [1.54, 1.807) is 29.2 Å². The highest BCUT2D eigenvalue weighted by atomic mass is 19.4. The molecule has 2 aromatic carbocycles. The molecule has 202 valence electrons. The van der Waals surface area contributed by atoms with E-state index in [4.69, 9.17) is 4.84 Å². The van der Waals surface area contributed by atoms with Crippen LogP contribution in [0.2, 0.25) is 0 Å². The second-order valence-electron chi connectivity index (χ2n) is 9.14. The Morgan fingerprint density at radius 3 is 2.34 bits per heavy atom. The minimum atomic E-state index is -4.75. The number of nitrogens with zero attached hydrogens (tertiary/aromatic N) is 5. The molecule has 0 saturated carbocycles. The summed E-state index contributed by atoms with van der Waals surface area (Å²) >= 11 is 0. The van der Waals surface area contributed by atoms with E-state index in [0.29, 0.717) is 38.8 Å². The number of hydrogen-bond donors (Lipinski definition) is 1. The maximum Gasteiger partial charge on any atom is 0.421 e. The standard InChI is InChI=1S/C26H27F5N6O/c1-2-35-9-11-36(12-10-35)23-20(27)14-18(15-21(23)28)33-25-32-16-19(26(29,30)31)24(34-25)37-22(8-13-38-37)17-6-4-3-5-7-17/h3-7,14-16,22H,2,8-13H2,1H3,(H,32,33,34)/t22-/m0/s1. The molecule has 0 amide bonds. The summed E-state index contributed by atoms with van der Waals surface area (Å²) in [5.41, 5.74) is -0.462. The highest BCUT2D eigenvalue weighted by Gasteiger charge is 2.40. The molecule has 2 aliphatic heterocycles. The molecule has 3 heterocycles. The lowest BCUT2D eigenvalue weighted by Gasteiger charge is -2.35. The zero-order chi connectivity index (χ0) is 26.9. The molecule has 5 rings (SSSR count). The van der Waals surface area contributed by atoms with Crippen LogP contribution in [0.5, 0.6) is 0 Å². The zero-order valence-corrected chi connectivity index (χ0v) is 20.7. The number of anilines is 4. The predicted molar refractivity (Wildman–Crippen MR) is 133 cm³/mol. The molecule has 2 aliphatic rings. The molecule has 0 unspecified atom stereocenters. The van der Waals surface area contributed by atoms with E-state index in [2.05, 4.69) is 20.2 Å². The Kier molecular flexibility index (Phi) is 7.35. The fourth-order valence-electron chi connectivity index (χ4n) is 4.81. The van der Waals surface area contributed by atoms with Crippen LogP contribution in [-0.4, -0.2) is 54.2 Å². The number of aromatic nitrogens is 2. The number of halogens is 5. The van der Waals surface area contributed by atoms with Crippen molar-refractivity contribution in [2.24, 2.45) is 0 Å². The quantitative estimate of drug-likeness (QED) is 0.417. The first kappa shape index (κ1) is 26.1. The highest BCUT2D eigenvalue weighted by Crippen LogP contribution is 2.41. The highest BCUT2D eigenvalue weighted by molar-refractivity contribution is 5.63. The molecule has 2 fully saturated rings. The number of piperazine rings is 1. The van der Waals surface area contributed by atoms with Crippen molar-refractivity contribution in [2.45, 2.75) is 25.6 Å². The Morgan fingerprint density at radius 1 is 1.03 bits per heavy atom. The van der Waals surface area contributed by atoms with Crippen molar-refractivity contribution in [2.75, 3.05) is 54.6 Å². The van der Waals surface area contributed by atoms with Gasteiger partial charge in [0.05, 0.1) is 12.6 Å². The van der Waals surface area contributed by atoms with Gasteiger partial charge in [0, 0.05) is 44.5 Å². The second kappa shape index (κ2) is 10.7. The van der Waals surface area contributed by atoms with E-state index in [-0.39, 0.29) is 23.9 Å². The van der Waals surface area contributed by atoms with Crippen LogP contribution in [-0.2, 0) is 11.0 Å². The number of hydroxylamine groups is 1. The summed E-state index contributed by atoms with van der Waals surface area (Å²) in [4.78, 5) is 17.3. The maximum absolute atomic E-state index is 15.0. The number of rotatable bonds is 6. The molecule has 0 aliphatic carbocycles. The van der Waals surface area contributed by atoms with Gasteiger partial charge in [0.1, 0.15) is 11.3 Å². The number of likely N-dealkylation sites (N-methyl/N-ethyl adjacent to an activating group) is 1. The molecular formula is C26H27F5N6O. The van der Waals surface area contributed by atoms with Crippen LogP contribution < -0.4 is 15.3 Å². The SMILES string of the molecule is CCN1CCN(c2c(F)cc(Nc3ncc(C(F)(F)F)c(N4OCC[C@H]4c4ccccc4)n3)cc2F)CC1. The monoisotopic (exact) mass is 534 g/mol. The summed E-state index contributed by atoms with van der Waals surface area (Å²) in [5, 5.41) is 3.78. The number of nitrogens with one attached hydrogen (secondary N) is 1. The summed E-state index contributed by atoms with van der Waals surface area (Å²) in [6.07, 6.45) is -3.65. The average Bonchev–Trinajstić information content (AvgIpc) is 3.39. The van der Waals surface area contributed by atoms with E-state index in [9.17, 15) is 13.2 Å². The first-order chi connectivity index (χ1) is 18.2. The van der Waals surface area contributed by atoms with Crippen LogP contribution in [0.25, 0.3) is 0 Å². The van der Waals surface area contributed by atoms with Crippen molar-refractivity contribution in [1.82, 2.24) is 14.9 Å². The predicted octanol–water partition coefficient (Wildman–Crippen LogP) is 5.54. The molecule has 1 atom stereocenters. The van der Waals surface area contributed by atoms with Crippen LogP contribution in [0.4, 0.5) is 45.1 Å². The molecule has 3 aromatic rings. The van der Waals surface area contributed by atoms with Gasteiger partial charge in [-0.1, -0.05) is 37.3 Å². The Hall–Kier alpha value is -3.51. The van der Waals surface area contributed by atoms with Gasteiger partial charge >= 0.3 is 6.18 Å². The van der Waals surface area contributed by atoms with E-state index in [0.717, 1.165) is 29.3 Å². The molecule has 0 spiro atoms. The van der Waals surface area contributed by atoms with Gasteiger partial charge in [0.15, 0.2) is 17.5 Å². The lowest BCUT2D eigenvalue weighted by Crippen LogP contribution is -2.46. The number of hydrogen-bond acceptors (Lipinski definition) is 7. The molecule has 7 nitrogen and oxygen atoms in total. The van der Waals surface area contributed by atoms with E-state index in [1.807, 2.05) is 13.0 Å². The van der Waals surface area contributed by atoms with E-state index < -0.39 is 35.2 Å². The van der Waals surface area contributed by atoms with Crippen molar-refractivity contribution >= 4 is 23.1 Å². The van der Waals surface area contributed by atoms with Crippen LogP contribution >= 0.6 is 0 Å². The van der Waals surface area contributed by atoms with E-state index >= 15 is 8.78 Å². The van der Waals surface area contributed by atoms with Gasteiger partial charge < -0.3 is 15.1 Å². The second-order valence-corrected chi connectivity index (χ2v) is 9.14. The largest absolute Gasteiger partial charge is 0.421 e. The lowest BCUT2D eigenvalue weighted by atomic mass is 10.0. The van der Waals surface area contributed by atoms with Crippen molar-refractivity contribution in [3.05, 3.63) is 71.4 Å². The fraction of sp³-hybridized carbons (Fsp3) is 0.385. The lowest BCUT2D eigenvalue weighted by molar-refractivity contribution is -0.138. The molecular weight excluding hydrogens is 507 g/mol. The van der Waals surface area contributed by atoms with E-state index in [1.165, 1.54) is 0 Å². The normalized spacial score (nSPS) is 18.7. The Balaban J connectivity index is 1.43. The average molecular weight is 535 g/mol. The number of benzene rings is 2. The first-order valence-electron chi connectivity index (χ1n) is 12.4. The molecule has 12 heteroatoms.